The molecule has 1 aliphatic rings. The van der Waals surface area contributed by atoms with Crippen molar-refractivity contribution in [1.82, 2.24) is 5.32 Å². The molecule has 1 amide bonds. The summed E-state index contributed by atoms with van der Waals surface area (Å²) >= 11 is 0. The molecule has 1 atom stereocenters. The predicted octanol–water partition coefficient (Wildman–Crippen LogP) is 2.61. The van der Waals surface area contributed by atoms with E-state index in [9.17, 15) is 9.59 Å². The summed E-state index contributed by atoms with van der Waals surface area (Å²) in [6, 6.07) is 14.3. The maximum atomic E-state index is 12.1. The van der Waals surface area contributed by atoms with Crippen molar-refractivity contribution in [3.63, 3.8) is 0 Å². The van der Waals surface area contributed by atoms with Gasteiger partial charge >= 0.3 is 5.97 Å². The average Bonchev–Trinajstić information content (AvgIpc) is 2.60. The minimum atomic E-state index is -0.968. The molecule has 0 aliphatic carbocycles. The third kappa shape index (κ3) is 3.74. The Hall–Kier alpha value is -2.82. The van der Waals surface area contributed by atoms with Gasteiger partial charge < -0.3 is 15.2 Å². The molecule has 0 aromatic heterocycles. The highest BCUT2D eigenvalue weighted by molar-refractivity contribution is 5.87. The van der Waals surface area contributed by atoms with Crippen LogP contribution in [0.2, 0.25) is 0 Å². The maximum Gasteiger partial charge on any atom is 0.335 e. The molecule has 0 saturated carbocycles. The number of hydrogen-bond acceptors (Lipinski definition) is 3. The molecule has 0 bridgehead atoms. The van der Waals surface area contributed by atoms with E-state index in [1.165, 1.54) is 12.1 Å². The van der Waals surface area contributed by atoms with E-state index in [2.05, 4.69) is 5.32 Å². The van der Waals surface area contributed by atoms with Crippen LogP contribution in [0.3, 0.4) is 0 Å². The number of carbonyl (C=O) groups excluding carboxylic acids is 1. The van der Waals surface area contributed by atoms with Crippen molar-refractivity contribution in [2.45, 2.75) is 18.8 Å². The van der Waals surface area contributed by atoms with E-state index in [1.54, 1.807) is 12.1 Å². The zero-order chi connectivity index (χ0) is 16.9. The van der Waals surface area contributed by atoms with Crippen molar-refractivity contribution in [3.05, 3.63) is 65.2 Å². The number of amides is 1. The van der Waals surface area contributed by atoms with Crippen molar-refractivity contribution >= 4 is 11.9 Å². The number of carboxylic acid groups (broad SMARTS) is 1. The molecule has 5 heteroatoms. The topological polar surface area (TPSA) is 75.6 Å². The van der Waals surface area contributed by atoms with Gasteiger partial charge in [-0.2, -0.15) is 0 Å². The molecule has 0 saturated heterocycles. The van der Waals surface area contributed by atoms with Crippen LogP contribution >= 0.6 is 0 Å². The first-order valence-corrected chi connectivity index (χ1v) is 7.94. The predicted molar refractivity (Wildman–Crippen MR) is 89.4 cm³/mol. The largest absolute Gasteiger partial charge is 0.493 e. The molecule has 2 aromatic rings. The van der Waals surface area contributed by atoms with Gasteiger partial charge in [0.2, 0.25) is 5.91 Å². The number of benzene rings is 2. The maximum absolute atomic E-state index is 12.1. The van der Waals surface area contributed by atoms with Crippen LogP contribution in [0, 0.1) is 0 Å². The van der Waals surface area contributed by atoms with Crippen LogP contribution in [0.5, 0.6) is 5.75 Å². The molecule has 0 spiro atoms. The smallest absolute Gasteiger partial charge is 0.335 e. The van der Waals surface area contributed by atoms with Crippen LogP contribution in [-0.4, -0.2) is 30.1 Å². The first-order valence-electron chi connectivity index (χ1n) is 7.94. The molecule has 2 N–H and O–H groups in total. The number of rotatable bonds is 5. The van der Waals surface area contributed by atoms with Gasteiger partial charge in [-0.3, -0.25) is 4.79 Å². The Kier molecular flexibility index (Phi) is 4.79. The molecular formula is C19H19NO4. The molecule has 1 unspecified atom stereocenters. The van der Waals surface area contributed by atoms with E-state index >= 15 is 0 Å². The van der Waals surface area contributed by atoms with Gasteiger partial charge in [-0.05, 0) is 35.7 Å². The Morgan fingerprint density at radius 2 is 1.88 bits per heavy atom. The van der Waals surface area contributed by atoms with Gasteiger partial charge in [0.15, 0.2) is 0 Å². The van der Waals surface area contributed by atoms with Gasteiger partial charge in [-0.15, -0.1) is 0 Å². The molecule has 1 heterocycles. The van der Waals surface area contributed by atoms with Crippen molar-refractivity contribution in [2.75, 3.05) is 13.2 Å². The molecule has 2 aromatic carbocycles. The summed E-state index contributed by atoms with van der Waals surface area (Å²) in [4.78, 5) is 23.0. The van der Waals surface area contributed by atoms with Gasteiger partial charge in [-0.1, -0.05) is 30.3 Å². The van der Waals surface area contributed by atoms with Crippen LogP contribution in [0.25, 0.3) is 0 Å². The van der Waals surface area contributed by atoms with Crippen molar-refractivity contribution in [2.24, 2.45) is 0 Å². The lowest BCUT2D eigenvalue weighted by Crippen LogP contribution is -2.31. The third-order valence-electron chi connectivity index (χ3n) is 4.19. The zero-order valence-electron chi connectivity index (χ0n) is 13.2. The first kappa shape index (κ1) is 16.1. The lowest BCUT2D eigenvalue weighted by atomic mass is 9.93. The quantitative estimate of drug-likeness (QED) is 0.886. The summed E-state index contributed by atoms with van der Waals surface area (Å²) in [5, 5.41) is 11.8. The van der Waals surface area contributed by atoms with E-state index in [0.29, 0.717) is 13.2 Å². The summed E-state index contributed by atoms with van der Waals surface area (Å²) in [6.07, 6.45) is 1.12. The van der Waals surface area contributed by atoms with Gasteiger partial charge in [-0.25, -0.2) is 4.79 Å². The van der Waals surface area contributed by atoms with Crippen molar-refractivity contribution in [3.8, 4) is 5.75 Å². The van der Waals surface area contributed by atoms with Crippen molar-refractivity contribution in [1.29, 1.82) is 0 Å². The van der Waals surface area contributed by atoms with E-state index in [0.717, 1.165) is 23.3 Å². The van der Waals surface area contributed by atoms with Crippen molar-refractivity contribution < 1.29 is 19.4 Å². The van der Waals surface area contributed by atoms with E-state index in [4.69, 9.17) is 9.84 Å². The Balaban J connectivity index is 1.55. The Bertz CT molecular complexity index is 739. The molecule has 124 valence electrons. The van der Waals surface area contributed by atoms with E-state index < -0.39 is 5.97 Å². The first-order chi connectivity index (χ1) is 11.6. The summed E-state index contributed by atoms with van der Waals surface area (Å²) in [6.45, 7) is 1.24. The standard InChI is InChI=1S/C19H19NO4/c21-18(11-13-5-7-14(8-6-13)19(22)23)20-12-15-9-10-24-17-4-2-1-3-16(15)17/h1-8,15H,9-12H2,(H,20,21)(H,22,23). The molecule has 0 fully saturated rings. The normalized spacial score (nSPS) is 15.9. The van der Waals surface area contributed by atoms with Crippen LogP contribution in [0.15, 0.2) is 48.5 Å². The highest BCUT2D eigenvalue weighted by atomic mass is 16.5. The average molecular weight is 325 g/mol. The summed E-state index contributed by atoms with van der Waals surface area (Å²) in [5.74, 6) is 0.117. The minimum absolute atomic E-state index is 0.0675. The number of para-hydroxylation sites is 1. The third-order valence-corrected chi connectivity index (χ3v) is 4.19. The van der Waals surface area contributed by atoms with Gasteiger partial charge in [0.1, 0.15) is 5.75 Å². The van der Waals surface area contributed by atoms with Crippen LogP contribution in [0.4, 0.5) is 0 Å². The number of hydrogen-bond donors (Lipinski definition) is 2. The second-order valence-electron chi connectivity index (χ2n) is 5.85. The number of fused-ring (bicyclic) bond motifs is 1. The molecular weight excluding hydrogens is 306 g/mol. The SMILES string of the molecule is O=C(Cc1ccc(C(=O)O)cc1)NCC1CCOc2ccccc21. The van der Waals surface area contributed by atoms with Crippen LogP contribution in [0.1, 0.15) is 33.8 Å². The van der Waals surface area contributed by atoms with Crippen LogP contribution in [-0.2, 0) is 11.2 Å². The second-order valence-corrected chi connectivity index (χ2v) is 5.85. The molecule has 1 aliphatic heterocycles. The molecule has 5 nitrogen and oxygen atoms in total. The lowest BCUT2D eigenvalue weighted by molar-refractivity contribution is -0.120. The Morgan fingerprint density at radius 1 is 1.12 bits per heavy atom. The number of ether oxygens (including phenoxy) is 1. The fourth-order valence-corrected chi connectivity index (χ4v) is 2.88. The van der Waals surface area contributed by atoms with Gasteiger partial charge in [0, 0.05) is 12.5 Å². The summed E-state index contributed by atoms with van der Waals surface area (Å²) in [7, 11) is 0. The zero-order valence-corrected chi connectivity index (χ0v) is 13.2. The molecule has 0 radical (unpaired) electrons. The van der Waals surface area contributed by atoms with Crippen LogP contribution < -0.4 is 10.1 Å². The monoisotopic (exact) mass is 325 g/mol. The summed E-state index contributed by atoms with van der Waals surface area (Å²) < 4.78 is 5.63. The number of carboxylic acids is 1. The van der Waals surface area contributed by atoms with Gasteiger partial charge in [0.25, 0.3) is 0 Å². The fraction of sp³-hybridized carbons (Fsp3) is 0.263. The second kappa shape index (κ2) is 7.17. The lowest BCUT2D eigenvalue weighted by Gasteiger charge is -2.26. The van der Waals surface area contributed by atoms with Gasteiger partial charge in [0.05, 0.1) is 18.6 Å². The molecule has 24 heavy (non-hydrogen) atoms. The summed E-state index contributed by atoms with van der Waals surface area (Å²) in [5.41, 5.74) is 2.15. The minimum Gasteiger partial charge on any atom is -0.493 e. The number of nitrogens with one attached hydrogen (secondary N) is 1. The number of carbonyl (C=O) groups is 2. The Morgan fingerprint density at radius 3 is 2.62 bits per heavy atom. The highest BCUT2D eigenvalue weighted by Gasteiger charge is 2.21. The van der Waals surface area contributed by atoms with E-state index in [1.807, 2.05) is 24.3 Å². The number of aromatic carboxylic acids is 1. The highest BCUT2D eigenvalue weighted by Crippen LogP contribution is 2.32. The van der Waals surface area contributed by atoms with E-state index in [-0.39, 0.29) is 23.8 Å². The fourth-order valence-electron chi connectivity index (χ4n) is 2.88. The Labute approximate surface area is 140 Å². The molecule has 3 rings (SSSR count).